The van der Waals surface area contributed by atoms with E-state index in [1.54, 1.807) is 0 Å². The lowest BCUT2D eigenvalue weighted by molar-refractivity contribution is -0.124. The summed E-state index contributed by atoms with van der Waals surface area (Å²) in [5, 5.41) is 9.89. The van der Waals surface area contributed by atoms with Crippen molar-refractivity contribution in [2.75, 3.05) is 4.90 Å². The van der Waals surface area contributed by atoms with Crippen LogP contribution in [0.25, 0.3) is 0 Å². The molecule has 3 rings (SSSR count). The first-order valence-corrected chi connectivity index (χ1v) is 11.9. The number of aromatic carboxylic acids is 1. The van der Waals surface area contributed by atoms with Crippen LogP contribution < -0.4 is 4.90 Å². The van der Waals surface area contributed by atoms with Crippen molar-refractivity contribution in [3.63, 3.8) is 0 Å². The van der Waals surface area contributed by atoms with Gasteiger partial charge in [-0.25, -0.2) is 4.79 Å². The van der Waals surface area contributed by atoms with Crippen molar-refractivity contribution in [2.24, 2.45) is 17.3 Å². The fraction of sp³-hybridized carbons (Fsp3) is 0.600. The number of carbonyl (C=O) groups is 2. The van der Waals surface area contributed by atoms with Crippen LogP contribution in [0.4, 0.5) is 5.69 Å². The smallest absolute Gasteiger partial charge is 0.348 e. The van der Waals surface area contributed by atoms with Crippen LogP contribution in [0.5, 0.6) is 0 Å². The van der Waals surface area contributed by atoms with Crippen molar-refractivity contribution >= 4 is 28.9 Å². The number of amides is 1. The van der Waals surface area contributed by atoms with Crippen molar-refractivity contribution in [1.82, 2.24) is 0 Å². The van der Waals surface area contributed by atoms with Gasteiger partial charge in [0.2, 0.25) is 5.91 Å². The molecule has 0 aromatic carbocycles. The van der Waals surface area contributed by atoms with Crippen LogP contribution in [0.2, 0.25) is 0 Å². The molecule has 4 nitrogen and oxygen atoms in total. The number of thiophene rings is 1. The Hall–Kier alpha value is -2.06. The topological polar surface area (TPSA) is 57.6 Å². The molecule has 1 saturated carbocycles. The summed E-state index contributed by atoms with van der Waals surface area (Å²) in [5.41, 5.74) is 0.366. The minimum Gasteiger partial charge on any atom is -0.477 e. The van der Waals surface area contributed by atoms with E-state index in [1.807, 2.05) is 31.7 Å². The standard InChI is InChI=1S/C25H33NO3S/c1-17-10-12-18(13-11-17)23(27)26(19-8-6-5-7-9-19)21-16-20(14-15-25(2,3)4)30-22(21)24(28)29/h5-6,16-19H,7-13H2,1-4H3,(H,28,29). The molecule has 0 aliphatic heterocycles. The van der Waals surface area contributed by atoms with Crippen LogP contribution in [0.1, 0.15) is 87.2 Å². The number of anilines is 1. The Bertz CT molecular complexity index is 872. The first-order valence-electron chi connectivity index (χ1n) is 11.0. The lowest BCUT2D eigenvalue weighted by Gasteiger charge is -2.36. The van der Waals surface area contributed by atoms with E-state index < -0.39 is 5.97 Å². The van der Waals surface area contributed by atoms with Gasteiger partial charge in [-0.2, -0.15) is 0 Å². The zero-order valence-corrected chi connectivity index (χ0v) is 19.3. The molecule has 1 aromatic rings. The van der Waals surface area contributed by atoms with Gasteiger partial charge in [-0.15, -0.1) is 11.3 Å². The van der Waals surface area contributed by atoms with Gasteiger partial charge in [-0.05, 0) is 77.7 Å². The number of allylic oxidation sites excluding steroid dienone is 1. The van der Waals surface area contributed by atoms with Crippen LogP contribution in [0.3, 0.4) is 0 Å². The highest BCUT2D eigenvalue weighted by Crippen LogP contribution is 2.38. The predicted molar refractivity (Wildman–Crippen MR) is 123 cm³/mol. The number of carboxylic acids is 1. The molecule has 1 fully saturated rings. The summed E-state index contributed by atoms with van der Waals surface area (Å²) < 4.78 is 0. The lowest BCUT2D eigenvalue weighted by atomic mass is 9.82. The van der Waals surface area contributed by atoms with E-state index in [4.69, 9.17) is 0 Å². The Morgan fingerprint density at radius 3 is 2.40 bits per heavy atom. The Morgan fingerprint density at radius 2 is 1.83 bits per heavy atom. The second kappa shape index (κ2) is 9.39. The van der Waals surface area contributed by atoms with Gasteiger partial charge in [0.15, 0.2) is 0 Å². The van der Waals surface area contributed by atoms with Gasteiger partial charge >= 0.3 is 5.97 Å². The monoisotopic (exact) mass is 427 g/mol. The largest absolute Gasteiger partial charge is 0.477 e. The highest BCUT2D eigenvalue weighted by molar-refractivity contribution is 7.15. The second-order valence-electron chi connectivity index (χ2n) is 9.73. The molecular weight excluding hydrogens is 394 g/mol. The van der Waals surface area contributed by atoms with Crippen molar-refractivity contribution in [2.45, 2.75) is 78.7 Å². The molecule has 1 unspecified atom stereocenters. The average molecular weight is 428 g/mol. The van der Waals surface area contributed by atoms with Crippen molar-refractivity contribution in [3.05, 3.63) is 28.0 Å². The number of hydrogen-bond donors (Lipinski definition) is 1. The fourth-order valence-electron chi connectivity index (χ4n) is 4.24. The third kappa shape index (κ3) is 5.55. The maximum atomic E-state index is 13.7. The molecule has 1 aromatic heterocycles. The van der Waals surface area contributed by atoms with E-state index in [9.17, 15) is 14.7 Å². The van der Waals surface area contributed by atoms with Crippen molar-refractivity contribution in [3.8, 4) is 11.8 Å². The summed E-state index contributed by atoms with van der Waals surface area (Å²) in [5.74, 6) is 6.08. The summed E-state index contributed by atoms with van der Waals surface area (Å²) in [4.78, 5) is 28.5. The molecule has 0 spiro atoms. The van der Waals surface area contributed by atoms with Gasteiger partial charge in [-0.3, -0.25) is 4.79 Å². The van der Waals surface area contributed by atoms with Crippen LogP contribution in [-0.4, -0.2) is 23.0 Å². The molecule has 0 radical (unpaired) electrons. The minimum absolute atomic E-state index is 0.0120. The first-order chi connectivity index (χ1) is 14.2. The highest BCUT2D eigenvalue weighted by Gasteiger charge is 2.35. The number of rotatable bonds is 4. The van der Waals surface area contributed by atoms with E-state index in [0.717, 1.165) is 44.9 Å². The molecule has 0 bridgehead atoms. The predicted octanol–water partition coefficient (Wildman–Crippen LogP) is 6.11. The average Bonchev–Trinajstić information content (AvgIpc) is 3.12. The summed E-state index contributed by atoms with van der Waals surface area (Å²) in [7, 11) is 0. The molecule has 2 aliphatic carbocycles. The van der Waals surface area contributed by atoms with Gasteiger partial charge in [0.05, 0.1) is 10.6 Å². The Morgan fingerprint density at radius 1 is 1.13 bits per heavy atom. The van der Waals surface area contributed by atoms with Gasteiger partial charge in [-0.1, -0.05) is 30.9 Å². The Labute approximate surface area is 184 Å². The third-order valence-electron chi connectivity index (χ3n) is 5.94. The Kier molecular flexibility index (Phi) is 7.08. The van der Waals surface area contributed by atoms with Gasteiger partial charge in [0, 0.05) is 17.4 Å². The summed E-state index contributed by atoms with van der Waals surface area (Å²) >= 11 is 1.18. The molecule has 2 aliphatic rings. The van der Waals surface area contributed by atoms with E-state index in [-0.39, 0.29) is 28.2 Å². The number of nitrogens with zero attached hydrogens (tertiary/aromatic N) is 1. The number of hydrogen-bond acceptors (Lipinski definition) is 3. The van der Waals surface area contributed by atoms with Crippen LogP contribution >= 0.6 is 11.3 Å². The normalized spacial score (nSPS) is 24.1. The number of carbonyl (C=O) groups excluding carboxylic acids is 1. The molecular formula is C25H33NO3S. The maximum Gasteiger partial charge on any atom is 0.348 e. The molecule has 1 amide bonds. The summed E-state index contributed by atoms with van der Waals surface area (Å²) in [6.07, 6.45) is 10.7. The summed E-state index contributed by atoms with van der Waals surface area (Å²) in [6.45, 7) is 8.33. The zero-order valence-electron chi connectivity index (χ0n) is 18.5. The summed E-state index contributed by atoms with van der Waals surface area (Å²) in [6, 6.07) is 1.84. The van der Waals surface area contributed by atoms with Crippen LogP contribution in [-0.2, 0) is 4.79 Å². The van der Waals surface area contributed by atoms with Gasteiger partial charge in [0.1, 0.15) is 4.88 Å². The molecule has 162 valence electrons. The second-order valence-corrected chi connectivity index (χ2v) is 10.8. The van der Waals surface area contributed by atoms with E-state index in [1.165, 1.54) is 11.3 Å². The maximum absolute atomic E-state index is 13.7. The van der Waals surface area contributed by atoms with Crippen molar-refractivity contribution < 1.29 is 14.7 Å². The highest BCUT2D eigenvalue weighted by atomic mass is 32.1. The van der Waals surface area contributed by atoms with E-state index >= 15 is 0 Å². The van der Waals surface area contributed by atoms with E-state index in [0.29, 0.717) is 16.5 Å². The third-order valence-corrected chi connectivity index (χ3v) is 6.96. The quantitative estimate of drug-likeness (QED) is 0.466. The molecule has 1 heterocycles. The van der Waals surface area contributed by atoms with Crippen molar-refractivity contribution in [1.29, 1.82) is 0 Å². The van der Waals surface area contributed by atoms with Gasteiger partial charge in [0.25, 0.3) is 0 Å². The van der Waals surface area contributed by atoms with Crippen LogP contribution in [0, 0.1) is 29.1 Å². The van der Waals surface area contributed by atoms with Crippen LogP contribution in [0.15, 0.2) is 18.2 Å². The lowest BCUT2D eigenvalue weighted by Crippen LogP contribution is -2.45. The molecule has 1 atom stereocenters. The Balaban J connectivity index is 2.00. The molecule has 0 saturated heterocycles. The molecule has 5 heteroatoms. The fourth-order valence-corrected chi connectivity index (χ4v) is 5.08. The molecule has 1 N–H and O–H groups in total. The first kappa shape index (κ1) is 22.6. The number of carboxylic acid groups (broad SMARTS) is 1. The minimum atomic E-state index is -0.986. The van der Waals surface area contributed by atoms with E-state index in [2.05, 4.69) is 30.9 Å². The zero-order chi connectivity index (χ0) is 21.9. The molecule has 30 heavy (non-hydrogen) atoms. The van der Waals surface area contributed by atoms with Gasteiger partial charge < -0.3 is 10.0 Å². The SMILES string of the molecule is CC1CCC(C(=O)N(c2cc(C#CC(C)(C)C)sc2C(=O)O)C2CC=CCC2)CC1.